The highest BCUT2D eigenvalue weighted by molar-refractivity contribution is 4.96. The van der Waals surface area contributed by atoms with Crippen LogP contribution >= 0.6 is 0 Å². The molecule has 34 heavy (non-hydrogen) atoms. The molecule has 16 heteroatoms. The van der Waals surface area contributed by atoms with E-state index in [9.17, 15) is 56.2 Å². The minimum Gasteiger partial charge on any atom is -0.394 e. The van der Waals surface area contributed by atoms with Gasteiger partial charge in [-0.2, -0.15) is 0 Å². The predicted octanol–water partition coefficient (Wildman–Crippen LogP) is -7.57. The van der Waals surface area contributed by atoms with Crippen molar-refractivity contribution in [2.45, 2.75) is 92.1 Å². The third kappa shape index (κ3) is 5.37. The van der Waals surface area contributed by atoms with Crippen molar-refractivity contribution in [1.29, 1.82) is 0 Å². The molecule has 0 amide bonds. The third-order valence-corrected chi connectivity index (χ3v) is 6.10. The molecule has 0 aromatic carbocycles. The molecule has 200 valence electrons. The lowest BCUT2D eigenvalue weighted by molar-refractivity contribution is -0.387. The average Bonchev–Trinajstić information content (AvgIpc) is 2.83. The van der Waals surface area contributed by atoms with E-state index in [-0.39, 0.29) is 0 Å². The van der Waals surface area contributed by atoms with Crippen LogP contribution in [0.3, 0.4) is 0 Å². The van der Waals surface area contributed by atoms with E-state index in [1.807, 2.05) is 0 Å². The van der Waals surface area contributed by atoms with Crippen molar-refractivity contribution in [3.8, 4) is 0 Å². The van der Waals surface area contributed by atoms with Crippen molar-refractivity contribution in [3.63, 3.8) is 0 Å². The van der Waals surface area contributed by atoms with Crippen molar-refractivity contribution >= 4 is 0 Å². The van der Waals surface area contributed by atoms with Crippen LogP contribution in [0, 0.1) is 0 Å². The Morgan fingerprint density at radius 2 is 0.912 bits per heavy atom. The fourth-order valence-corrected chi connectivity index (χ4v) is 4.03. The van der Waals surface area contributed by atoms with Gasteiger partial charge in [0, 0.05) is 0 Å². The van der Waals surface area contributed by atoms with E-state index in [4.69, 9.17) is 23.7 Å². The lowest BCUT2D eigenvalue weighted by atomic mass is 9.96. The molecule has 11 N–H and O–H groups in total. The predicted molar refractivity (Wildman–Crippen MR) is 101 cm³/mol. The molecule has 0 saturated carbocycles. The van der Waals surface area contributed by atoms with Crippen molar-refractivity contribution in [2.75, 3.05) is 19.8 Å². The number of aliphatic hydroxyl groups is 11. The summed E-state index contributed by atoms with van der Waals surface area (Å²) in [5.41, 5.74) is 0. The Morgan fingerprint density at radius 1 is 0.441 bits per heavy atom. The molecule has 3 rings (SSSR count). The lowest BCUT2D eigenvalue weighted by Gasteiger charge is -2.48. The van der Waals surface area contributed by atoms with Crippen LogP contribution in [-0.2, 0) is 23.7 Å². The average molecular weight is 504 g/mol. The summed E-state index contributed by atoms with van der Waals surface area (Å²) in [6.07, 6.45) is -25.7. The van der Waals surface area contributed by atoms with Crippen molar-refractivity contribution in [1.82, 2.24) is 0 Å². The van der Waals surface area contributed by atoms with E-state index in [0.717, 1.165) is 0 Å². The number of hydrogen-bond acceptors (Lipinski definition) is 16. The van der Waals surface area contributed by atoms with Gasteiger partial charge in [0.05, 0.1) is 19.8 Å². The Hall–Kier alpha value is -0.640. The largest absolute Gasteiger partial charge is 0.394 e. The summed E-state index contributed by atoms with van der Waals surface area (Å²) >= 11 is 0. The maximum Gasteiger partial charge on any atom is 0.187 e. The molecule has 3 aliphatic rings. The summed E-state index contributed by atoms with van der Waals surface area (Å²) in [7, 11) is 0. The number of aliphatic hydroxyl groups excluding tert-OH is 11. The van der Waals surface area contributed by atoms with Crippen LogP contribution in [0.5, 0.6) is 0 Å². The summed E-state index contributed by atoms with van der Waals surface area (Å²) in [5, 5.41) is 110. The first-order chi connectivity index (χ1) is 16.0. The zero-order chi connectivity index (χ0) is 25.3. The molecule has 0 aromatic rings. The molecule has 15 atom stereocenters. The molecule has 3 heterocycles. The Balaban J connectivity index is 1.84. The zero-order valence-corrected chi connectivity index (χ0v) is 17.7. The van der Waals surface area contributed by atoms with Gasteiger partial charge in [-0.05, 0) is 0 Å². The monoisotopic (exact) mass is 504 g/mol. The Morgan fingerprint density at radius 3 is 1.47 bits per heavy atom. The molecular weight excluding hydrogens is 472 g/mol. The Kier molecular flexibility index (Phi) is 9.54. The quantitative estimate of drug-likeness (QED) is 0.154. The topological polar surface area (TPSA) is 269 Å². The van der Waals surface area contributed by atoms with Crippen LogP contribution in [0.1, 0.15) is 0 Å². The van der Waals surface area contributed by atoms with Crippen LogP contribution in [0.25, 0.3) is 0 Å². The van der Waals surface area contributed by atoms with E-state index in [1.165, 1.54) is 0 Å². The molecule has 3 fully saturated rings. The maximum absolute atomic E-state index is 10.6. The molecule has 0 aliphatic carbocycles. The number of ether oxygens (including phenoxy) is 5. The van der Waals surface area contributed by atoms with Gasteiger partial charge < -0.3 is 79.9 Å². The standard InChI is InChI=1S/C18H32O16/c19-1-4-7(22)10(25)12(27)17(31-4)34-15-11(26)8(23)5(2-20)32-18(15)33-14-9(24)6(3-21)30-16(29)13(14)28/h4-29H,1-3H2/t4-,5-,6-,7-,8-,9+,10+,11+,12-,13-,14+,15-,16?,17-,18-/m1/s1. The van der Waals surface area contributed by atoms with Gasteiger partial charge in [-0.1, -0.05) is 0 Å². The fourth-order valence-electron chi connectivity index (χ4n) is 4.03. The van der Waals surface area contributed by atoms with Gasteiger partial charge in [0.15, 0.2) is 18.9 Å². The van der Waals surface area contributed by atoms with Crippen LogP contribution in [0.15, 0.2) is 0 Å². The van der Waals surface area contributed by atoms with Gasteiger partial charge in [0.2, 0.25) is 0 Å². The minimum absolute atomic E-state index is 0.762. The van der Waals surface area contributed by atoms with Gasteiger partial charge in [-0.15, -0.1) is 0 Å². The smallest absolute Gasteiger partial charge is 0.187 e. The van der Waals surface area contributed by atoms with Crippen molar-refractivity contribution < 1.29 is 79.9 Å². The van der Waals surface area contributed by atoms with Crippen molar-refractivity contribution in [3.05, 3.63) is 0 Å². The highest BCUT2D eigenvalue weighted by Gasteiger charge is 2.53. The lowest BCUT2D eigenvalue weighted by Crippen LogP contribution is -2.67. The number of hydrogen-bond donors (Lipinski definition) is 11. The molecule has 1 unspecified atom stereocenters. The van der Waals surface area contributed by atoms with Gasteiger partial charge in [-0.25, -0.2) is 0 Å². The molecule has 3 aliphatic heterocycles. The van der Waals surface area contributed by atoms with Gasteiger partial charge in [-0.3, -0.25) is 0 Å². The molecular formula is C18H32O16. The van der Waals surface area contributed by atoms with E-state index in [2.05, 4.69) is 0 Å². The fraction of sp³-hybridized carbons (Fsp3) is 1.00. The second-order valence-corrected chi connectivity index (χ2v) is 8.33. The maximum atomic E-state index is 10.6. The zero-order valence-electron chi connectivity index (χ0n) is 17.7. The van der Waals surface area contributed by atoms with E-state index < -0.39 is 112 Å². The van der Waals surface area contributed by atoms with E-state index in [0.29, 0.717) is 0 Å². The van der Waals surface area contributed by atoms with Gasteiger partial charge >= 0.3 is 0 Å². The van der Waals surface area contributed by atoms with E-state index in [1.54, 1.807) is 0 Å². The molecule has 0 bridgehead atoms. The molecule has 0 aromatic heterocycles. The number of rotatable bonds is 7. The third-order valence-electron chi connectivity index (χ3n) is 6.10. The molecule has 0 radical (unpaired) electrons. The van der Waals surface area contributed by atoms with Crippen molar-refractivity contribution in [2.24, 2.45) is 0 Å². The summed E-state index contributed by atoms with van der Waals surface area (Å²) in [6, 6.07) is 0. The Labute approximate surface area is 192 Å². The van der Waals surface area contributed by atoms with Gasteiger partial charge in [0.1, 0.15) is 73.2 Å². The first-order valence-electron chi connectivity index (χ1n) is 10.6. The Bertz CT molecular complexity index is 639. The first-order valence-corrected chi connectivity index (χ1v) is 10.6. The molecule has 16 nitrogen and oxygen atoms in total. The molecule has 3 saturated heterocycles. The van der Waals surface area contributed by atoms with Crippen LogP contribution in [0.2, 0.25) is 0 Å². The molecule has 0 spiro atoms. The highest BCUT2D eigenvalue weighted by Crippen LogP contribution is 2.32. The summed E-state index contributed by atoms with van der Waals surface area (Å²) in [5.74, 6) is 0. The van der Waals surface area contributed by atoms with Crippen LogP contribution in [0.4, 0.5) is 0 Å². The highest BCUT2D eigenvalue weighted by atomic mass is 16.8. The SMILES string of the molecule is OC[C@H]1OC(O)[C@H](O)[C@@H](O[C@H]2O[C@H](CO)[C@@H](O)[C@H](O)[C@H]2O[C@H]2O[C@H](CO)[C@@H](O)[C@H](O)[C@H]2O)[C@H]1O. The summed E-state index contributed by atoms with van der Waals surface area (Å²) in [4.78, 5) is 0. The van der Waals surface area contributed by atoms with Crippen LogP contribution < -0.4 is 0 Å². The van der Waals surface area contributed by atoms with Gasteiger partial charge in [0.25, 0.3) is 0 Å². The normalized spacial score (nSPS) is 52.5. The van der Waals surface area contributed by atoms with E-state index >= 15 is 0 Å². The first kappa shape index (κ1) is 27.9. The summed E-state index contributed by atoms with van der Waals surface area (Å²) in [6.45, 7) is -2.34. The van der Waals surface area contributed by atoms with Crippen LogP contribution in [-0.4, -0.2) is 168 Å². The second-order valence-electron chi connectivity index (χ2n) is 8.33. The minimum atomic E-state index is -1.89. The summed E-state index contributed by atoms with van der Waals surface area (Å²) < 4.78 is 26.5. The second kappa shape index (κ2) is 11.6.